The summed E-state index contributed by atoms with van der Waals surface area (Å²) in [6.45, 7) is 0.257. The van der Waals surface area contributed by atoms with Crippen molar-refractivity contribution in [1.29, 1.82) is 0 Å². The van der Waals surface area contributed by atoms with Gasteiger partial charge in [0.05, 0.1) is 7.11 Å². The number of ether oxygens (including phenoxy) is 2. The van der Waals surface area contributed by atoms with Crippen LogP contribution in [0.3, 0.4) is 0 Å². The van der Waals surface area contributed by atoms with Gasteiger partial charge in [0.25, 0.3) is 0 Å². The number of carboxylic acid groups (broad SMARTS) is 1. The molecule has 7 heteroatoms. The largest absolute Gasteiger partial charge is 0.481 e. The monoisotopic (exact) mass is 321 g/mol. The first-order chi connectivity index (χ1) is 11.0. The van der Waals surface area contributed by atoms with Gasteiger partial charge in [-0.25, -0.2) is 9.59 Å². The molecule has 1 aliphatic rings. The molecule has 2 rings (SSSR count). The Morgan fingerprint density at radius 2 is 1.96 bits per heavy atom. The predicted octanol–water partition coefficient (Wildman–Crippen LogP) is 1.66. The molecule has 1 heterocycles. The Hall–Kier alpha value is -2.57. The van der Waals surface area contributed by atoms with Crippen LogP contribution in [0.1, 0.15) is 18.4 Å². The van der Waals surface area contributed by atoms with Crippen LogP contribution < -0.4 is 0 Å². The van der Waals surface area contributed by atoms with E-state index in [-0.39, 0.29) is 31.9 Å². The number of esters is 1. The Morgan fingerprint density at radius 3 is 2.57 bits per heavy atom. The fourth-order valence-corrected chi connectivity index (χ4v) is 2.68. The van der Waals surface area contributed by atoms with Crippen molar-refractivity contribution < 1.29 is 29.0 Å². The number of nitrogens with zero attached hydrogens (tertiary/aromatic N) is 1. The molecular formula is C16H19NO6. The molecule has 0 aliphatic carbocycles. The van der Waals surface area contributed by atoms with E-state index in [1.807, 2.05) is 30.3 Å². The number of carbonyl (C=O) groups is 3. The van der Waals surface area contributed by atoms with Crippen molar-refractivity contribution >= 4 is 18.0 Å². The fourth-order valence-electron chi connectivity index (χ4n) is 2.68. The molecule has 1 saturated heterocycles. The number of aliphatic carboxylic acids is 1. The number of rotatable bonds is 5. The molecule has 0 radical (unpaired) electrons. The summed E-state index contributed by atoms with van der Waals surface area (Å²) >= 11 is 0. The first kappa shape index (κ1) is 16.8. The smallest absolute Gasteiger partial charge is 0.410 e. The predicted molar refractivity (Wildman–Crippen MR) is 79.5 cm³/mol. The van der Waals surface area contributed by atoms with E-state index in [0.717, 1.165) is 5.56 Å². The lowest BCUT2D eigenvalue weighted by atomic mass is 10.0. The highest BCUT2D eigenvalue weighted by Crippen LogP contribution is 2.27. The van der Waals surface area contributed by atoms with Gasteiger partial charge in [0.1, 0.15) is 12.6 Å². The molecule has 23 heavy (non-hydrogen) atoms. The summed E-state index contributed by atoms with van der Waals surface area (Å²) in [4.78, 5) is 36.1. The Morgan fingerprint density at radius 1 is 1.26 bits per heavy atom. The maximum Gasteiger partial charge on any atom is 0.410 e. The molecule has 1 N–H and O–H groups in total. The first-order valence-electron chi connectivity index (χ1n) is 7.28. The number of hydrogen-bond donors (Lipinski definition) is 1. The highest BCUT2D eigenvalue weighted by Gasteiger charge is 2.41. The molecule has 0 saturated carbocycles. The molecule has 2 atom stereocenters. The molecule has 1 aromatic carbocycles. The number of likely N-dealkylation sites (tertiary alicyclic amines) is 1. The molecule has 2 unspecified atom stereocenters. The Balaban J connectivity index is 2.00. The molecule has 1 aromatic rings. The lowest BCUT2D eigenvalue weighted by molar-refractivity contribution is -0.145. The van der Waals surface area contributed by atoms with Crippen LogP contribution in [0.15, 0.2) is 30.3 Å². The third kappa shape index (κ3) is 4.45. The number of carboxylic acids is 1. The molecule has 0 aromatic heterocycles. The molecule has 1 aliphatic heterocycles. The number of methoxy groups -OCH3 is 1. The van der Waals surface area contributed by atoms with Crippen molar-refractivity contribution in [2.24, 2.45) is 5.92 Å². The van der Waals surface area contributed by atoms with Crippen LogP contribution in [0.25, 0.3) is 0 Å². The van der Waals surface area contributed by atoms with Crippen LogP contribution in [0, 0.1) is 5.92 Å². The zero-order chi connectivity index (χ0) is 16.8. The van der Waals surface area contributed by atoms with E-state index in [2.05, 4.69) is 0 Å². The Kier molecular flexibility index (Phi) is 5.56. The van der Waals surface area contributed by atoms with Crippen LogP contribution in [0.5, 0.6) is 0 Å². The van der Waals surface area contributed by atoms with E-state index < -0.39 is 24.1 Å². The molecule has 1 amide bonds. The van der Waals surface area contributed by atoms with Gasteiger partial charge in [-0.05, 0) is 17.9 Å². The molecule has 0 bridgehead atoms. The fraction of sp³-hybridized carbons (Fsp3) is 0.438. The van der Waals surface area contributed by atoms with Gasteiger partial charge in [-0.2, -0.15) is 0 Å². The summed E-state index contributed by atoms with van der Waals surface area (Å²) in [7, 11) is 1.24. The summed E-state index contributed by atoms with van der Waals surface area (Å²) in [5.41, 5.74) is 0.830. The van der Waals surface area contributed by atoms with Crippen LogP contribution in [0.2, 0.25) is 0 Å². The topological polar surface area (TPSA) is 93.1 Å². The second-order valence-electron chi connectivity index (χ2n) is 5.43. The molecule has 0 spiro atoms. The molecule has 124 valence electrons. The van der Waals surface area contributed by atoms with Gasteiger partial charge in [0.15, 0.2) is 0 Å². The molecule has 1 fully saturated rings. The van der Waals surface area contributed by atoms with Crippen molar-refractivity contribution in [3.63, 3.8) is 0 Å². The van der Waals surface area contributed by atoms with E-state index in [0.29, 0.717) is 0 Å². The normalized spacial score (nSPS) is 20.1. The van der Waals surface area contributed by atoms with Gasteiger partial charge in [-0.15, -0.1) is 0 Å². The summed E-state index contributed by atoms with van der Waals surface area (Å²) < 4.78 is 9.92. The summed E-state index contributed by atoms with van der Waals surface area (Å²) in [6, 6.07) is 8.37. The Bertz CT molecular complexity index is 573. The maximum absolute atomic E-state index is 12.2. The summed E-state index contributed by atoms with van der Waals surface area (Å²) in [5.74, 6) is -1.81. The van der Waals surface area contributed by atoms with Gasteiger partial charge in [0, 0.05) is 13.0 Å². The van der Waals surface area contributed by atoms with Crippen molar-refractivity contribution in [1.82, 2.24) is 4.90 Å². The van der Waals surface area contributed by atoms with E-state index in [4.69, 9.17) is 14.6 Å². The highest BCUT2D eigenvalue weighted by atomic mass is 16.6. The van der Waals surface area contributed by atoms with E-state index in [1.165, 1.54) is 12.0 Å². The second kappa shape index (κ2) is 7.62. The molecular weight excluding hydrogens is 302 g/mol. The van der Waals surface area contributed by atoms with Gasteiger partial charge >= 0.3 is 18.0 Å². The summed E-state index contributed by atoms with van der Waals surface area (Å²) in [6.07, 6.45) is -0.479. The van der Waals surface area contributed by atoms with Gasteiger partial charge in [-0.3, -0.25) is 9.69 Å². The van der Waals surface area contributed by atoms with Gasteiger partial charge < -0.3 is 14.6 Å². The number of hydrogen-bond acceptors (Lipinski definition) is 5. The van der Waals surface area contributed by atoms with Crippen LogP contribution >= 0.6 is 0 Å². The number of amides is 1. The average Bonchev–Trinajstić information content (AvgIpc) is 2.96. The van der Waals surface area contributed by atoms with Crippen molar-refractivity contribution in [2.75, 3.05) is 13.7 Å². The highest BCUT2D eigenvalue weighted by molar-refractivity contribution is 5.82. The Labute approximate surface area is 133 Å². The standard InChI is InChI=1S/C16H19NO6/c1-22-15(20)13-7-12(8-14(18)19)9-17(13)16(21)23-10-11-5-3-2-4-6-11/h2-6,12-13H,7-10H2,1H3,(H,18,19). The maximum atomic E-state index is 12.2. The minimum atomic E-state index is -0.960. The lowest BCUT2D eigenvalue weighted by Gasteiger charge is -2.22. The summed E-state index contributed by atoms with van der Waals surface area (Å²) in [5, 5.41) is 8.88. The minimum absolute atomic E-state index is 0.0909. The van der Waals surface area contributed by atoms with Crippen molar-refractivity contribution in [3.05, 3.63) is 35.9 Å². The first-order valence-corrected chi connectivity index (χ1v) is 7.28. The van der Waals surface area contributed by atoms with Crippen LogP contribution in [-0.4, -0.2) is 47.7 Å². The van der Waals surface area contributed by atoms with Gasteiger partial charge in [-0.1, -0.05) is 30.3 Å². The van der Waals surface area contributed by atoms with Crippen LogP contribution in [0.4, 0.5) is 4.79 Å². The second-order valence-corrected chi connectivity index (χ2v) is 5.43. The lowest BCUT2D eigenvalue weighted by Crippen LogP contribution is -2.41. The minimum Gasteiger partial charge on any atom is -0.481 e. The zero-order valence-corrected chi connectivity index (χ0v) is 12.8. The van der Waals surface area contributed by atoms with E-state index in [9.17, 15) is 14.4 Å². The van der Waals surface area contributed by atoms with Crippen molar-refractivity contribution in [3.8, 4) is 0 Å². The average molecular weight is 321 g/mol. The van der Waals surface area contributed by atoms with E-state index in [1.54, 1.807) is 0 Å². The third-order valence-electron chi connectivity index (χ3n) is 3.76. The van der Waals surface area contributed by atoms with Crippen molar-refractivity contribution in [2.45, 2.75) is 25.5 Å². The number of carbonyl (C=O) groups excluding carboxylic acids is 2. The number of benzene rings is 1. The zero-order valence-electron chi connectivity index (χ0n) is 12.8. The van der Waals surface area contributed by atoms with Gasteiger partial charge in [0.2, 0.25) is 0 Å². The quantitative estimate of drug-likeness (QED) is 0.829. The SMILES string of the molecule is COC(=O)C1CC(CC(=O)O)CN1C(=O)OCc1ccccc1. The third-order valence-corrected chi connectivity index (χ3v) is 3.76. The molecule has 7 nitrogen and oxygen atoms in total. The van der Waals surface area contributed by atoms with E-state index >= 15 is 0 Å². The van der Waals surface area contributed by atoms with Crippen LogP contribution in [-0.2, 0) is 25.7 Å².